The summed E-state index contributed by atoms with van der Waals surface area (Å²) in [6, 6.07) is 16.4. The summed E-state index contributed by atoms with van der Waals surface area (Å²) in [7, 11) is 0. The van der Waals surface area contributed by atoms with E-state index >= 15 is 0 Å². The van der Waals surface area contributed by atoms with Gasteiger partial charge in [-0.2, -0.15) is 0 Å². The van der Waals surface area contributed by atoms with Crippen LogP contribution in [0.25, 0.3) is 0 Å². The molecule has 4 nitrogen and oxygen atoms in total. The van der Waals surface area contributed by atoms with Crippen molar-refractivity contribution < 1.29 is 9.59 Å². The van der Waals surface area contributed by atoms with E-state index in [4.69, 9.17) is 0 Å². The lowest BCUT2D eigenvalue weighted by Crippen LogP contribution is -2.48. The minimum Gasteiger partial charge on any atom is -0.342 e. The highest BCUT2D eigenvalue weighted by Gasteiger charge is 2.35. The molecule has 0 N–H and O–H groups in total. The third kappa shape index (κ3) is 3.90. The van der Waals surface area contributed by atoms with Gasteiger partial charge in [-0.3, -0.25) is 9.59 Å². The molecule has 0 aromatic heterocycles. The number of carbonyl (C=O) groups is 2. The molecule has 1 saturated heterocycles. The molecule has 27 heavy (non-hydrogen) atoms. The zero-order valence-corrected chi connectivity index (χ0v) is 15.1. The molecule has 2 heterocycles. The zero-order valence-electron chi connectivity index (χ0n) is 15.1. The fourth-order valence-electron chi connectivity index (χ4n) is 4.04. The number of piperidine rings is 1. The maximum absolute atomic E-state index is 12.6. The Labute approximate surface area is 161 Å². The van der Waals surface area contributed by atoms with E-state index in [2.05, 4.69) is 0 Å². The molecular formula is C23H28N2O2. The molecule has 0 bridgehead atoms. The third-order valence-corrected chi connectivity index (χ3v) is 5.52. The fourth-order valence-corrected chi connectivity index (χ4v) is 4.04. The van der Waals surface area contributed by atoms with Crippen molar-refractivity contribution in [3.8, 4) is 0 Å². The Bertz CT molecular complexity index is 821. The van der Waals surface area contributed by atoms with E-state index in [0.717, 1.165) is 42.7 Å². The number of aryl methyl sites for hydroxylation is 1. The monoisotopic (exact) mass is 364 g/mol. The van der Waals surface area contributed by atoms with Gasteiger partial charge in [0, 0.05) is 24.8 Å². The molecule has 4 heteroatoms. The summed E-state index contributed by atoms with van der Waals surface area (Å²) in [5.41, 5.74) is 4.45. The summed E-state index contributed by atoms with van der Waals surface area (Å²) < 4.78 is 0. The van der Waals surface area contributed by atoms with Gasteiger partial charge in [0.25, 0.3) is 0 Å². The van der Waals surface area contributed by atoms with E-state index in [1.165, 1.54) is 5.56 Å². The molecule has 142 valence electrons. The predicted molar refractivity (Wildman–Crippen MR) is 109 cm³/mol. The lowest BCUT2D eigenvalue weighted by atomic mass is 10.0. The van der Waals surface area contributed by atoms with E-state index in [9.17, 15) is 9.59 Å². The second kappa shape index (κ2) is 7.95. The molecule has 2 amide bonds. The molecule has 1 fully saturated rings. The average Bonchev–Trinajstić information content (AvgIpc) is 2.99. The van der Waals surface area contributed by atoms with Gasteiger partial charge in [0.15, 0.2) is 0 Å². The molecule has 0 radical (unpaired) electrons. The number of likely N-dealkylation sites (tertiary alicyclic amines) is 1. The van der Waals surface area contributed by atoms with Crippen LogP contribution in [0.15, 0.2) is 48.5 Å². The Morgan fingerprint density at radius 3 is 2.41 bits per heavy atom. The van der Waals surface area contributed by atoms with Gasteiger partial charge in [-0.05, 0) is 37.0 Å². The van der Waals surface area contributed by atoms with Crippen molar-refractivity contribution in [3.05, 3.63) is 65.2 Å². The van der Waals surface area contributed by atoms with Crippen molar-refractivity contribution >= 4 is 17.5 Å². The first-order valence-electron chi connectivity index (χ1n) is 9.35. The molecule has 2 aromatic rings. The van der Waals surface area contributed by atoms with Gasteiger partial charge < -0.3 is 9.80 Å². The maximum Gasteiger partial charge on any atom is 0.231 e. The van der Waals surface area contributed by atoms with Crippen molar-refractivity contribution in [2.75, 3.05) is 18.0 Å². The molecule has 4 rings (SSSR count). The van der Waals surface area contributed by atoms with Crippen LogP contribution in [0.5, 0.6) is 0 Å². The highest BCUT2D eigenvalue weighted by Crippen LogP contribution is 2.33. The number of rotatable bonds is 3. The second-order valence-corrected chi connectivity index (χ2v) is 7.34. The SMILES string of the molecule is C.Cc1ccc(CC(=O)N2CCC(N3C(=O)Cc4ccccc43)CC2)cc1. The summed E-state index contributed by atoms with van der Waals surface area (Å²) in [5, 5.41) is 0. The number of anilines is 1. The van der Waals surface area contributed by atoms with Crippen LogP contribution >= 0.6 is 0 Å². The first kappa shape index (κ1) is 19.2. The Balaban J connectivity index is 0.00000210. The van der Waals surface area contributed by atoms with Crippen LogP contribution < -0.4 is 4.90 Å². The Morgan fingerprint density at radius 1 is 1.04 bits per heavy atom. The normalized spacial score (nSPS) is 16.9. The molecular weight excluding hydrogens is 336 g/mol. The van der Waals surface area contributed by atoms with Crippen molar-refractivity contribution in [2.24, 2.45) is 0 Å². The minimum atomic E-state index is 0. The number of nitrogens with zero attached hydrogens (tertiary/aromatic N) is 2. The molecule has 0 spiro atoms. The van der Waals surface area contributed by atoms with E-state index in [1.807, 2.05) is 65.3 Å². The number of hydrogen-bond acceptors (Lipinski definition) is 2. The molecule has 0 aliphatic carbocycles. The van der Waals surface area contributed by atoms with Crippen molar-refractivity contribution in [1.29, 1.82) is 0 Å². The van der Waals surface area contributed by atoms with Crippen LogP contribution in [0, 0.1) is 6.92 Å². The standard InChI is InChI=1S/C22H24N2O2.CH4/c1-16-6-8-17(9-7-16)14-21(25)23-12-10-19(11-13-23)24-20-5-3-2-4-18(20)15-22(24)26;/h2-9,19H,10-15H2,1H3;1H4. The molecule has 2 aliphatic rings. The lowest BCUT2D eigenvalue weighted by Gasteiger charge is -2.37. The summed E-state index contributed by atoms with van der Waals surface area (Å²) >= 11 is 0. The van der Waals surface area contributed by atoms with Crippen LogP contribution in [0.1, 0.15) is 37.0 Å². The molecule has 2 aliphatic heterocycles. The fraction of sp³-hybridized carbons (Fsp3) is 0.391. The van der Waals surface area contributed by atoms with E-state index < -0.39 is 0 Å². The second-order valence-electron chi connectivity index (χ2n) is 7.34. The van der Waals surface area contributed by atoms with Gasteiger partial charge in [0.1, 0.15) is 0 Å². The molecule has 0 saturated carbocycles. The number of hydrogen-bond donors (Lipinski definition) is 0. The van der Waals surface area contributed by atoms with Crippen LogP contribution in [0.4, 0.5) is 5.69 Å². The number of carbonyl (C=O) groups excluding carboxylic acids is 2. The van der Waals surface area contributed by atoms with E-state index in [1.54, 1.807) is 0 Å². The van der Waals surface area contributed by atoms with Gasteiger partial charge in [-0.25, -0.2) is 0 Å². The van der Waals surface area contributed by atoms with Crippen LogP contribution in [-0.2, 0) is 22.4 Å². The van der Waals surface area contributed by atoms with Crippen molar-refractivity contribution in [2.45, 2.75) is 46.1 Å². The first-order valence-corrected chi connectivity index (χ1v) is 9.35. The number of benzene rings is 2. The summed E-state index contributed by atoms with van der Waals surface area (Å²) in [4.78, 5) is 29.0. The van der Waals surface area contributed by atoms with Crippen molar-refractivity contribution in [3.63, 3.8) is 0 Å². The van der Waals surface area contributed by atoms with Crippen LogP contribution in [-0.4, -0.2) is 35.8 Å². The van der Waals surface area contributed by atoms with E-state index in [-0.39, 0.29) is 25.3 Å². The quantitative estimate of drug-likeness (QED) is 0.832. The third-order valence-electron chi connectivity index (χ3n) is 5.52. The van der Waals surface area contributed by atoms with Crippen molar-refractivity contribution in [1.82, 2.24) is 4.90 Å². The maximum atomic E-state index is 12.6. The van der Waals surface area contributed by atoms with Gasteiger partial charge >= 0.3 is 0 Å². The molecule has 0 unspecified atom stereocenters. The summed E-state index contributed by atoms with van der Waals surface area (Å²) in [5.74, 6) is 0.371. The topological polar surface area (TPSA) is 40.6 Å². The average molecular weight is 364 g/mol. The molecule has 2 aromatic carbocycles. The number of fused-ring (bicyclic) bond motifs is 1. The Morgan fingerprint density at radius 2 is 1.70 bits per heavy atom. The Hall–Kier alpha value is -2.62. The Kier molecular flexibility index (Phi) is 5.64. The van der Waals surface area contributed by atoms with Crippen LogP contribution in [0.3, 0.4) is 0 Å². The first-order chi connectivity index (χ1) is 12.6. The van der Waals surface area contributed by atoms with Gasteiger partial charge in [-0.1, -0.05) is 55.5 Å². The minimum absolute atomic E-state index is 0. The number of amides is 2. The van der Waals surface area contributed by atoms with Gasteiger partial charge in [0.05, 0.1) is 12.8 Å². The highest BCUT2D eigenvalue weighted by atomic mass is 16.2. The predicted octanol–water partition coefficient (Wildman–Crippen LogP) is 3.75. The molecule has 0 atom stereocenters. The lowest BCUT2D eigenvalue weighted by molar-refractivity contribution is -0.131. The smallest absolute Gasteiger partial charge is 0.231 e. The van der Waals surface area contributed by atoms with Gasteiger partial charge in [-0.15, -0.1) is 0 Å². The highest BCUT2D eigenvalue weighted by molar-refractivity contribution is 6.01. The van der Waals surface area contributed by atoms with Crippen LogP contribution in [0.2, 0.25) is 0 Å². The van der Waals surface area contributed by atoms with E-state index in [0.29, 0.717) is 12.8 Å². The number of para-hydroxylation sites is 1. The zero-order chi connectivity index (χ0) is 18.1. The summed E-state index contributed by atoms with van der Waals surface area (Å²) in [6.07, 6.45) is 2.65. The van der Waals surface area contributed by atoms with Gasteiger partial charge in [0.2, 0.25) is 11.8 Å². The largest absolute Gasteiger partial charge is 0.342 e. The summed E-state index contributed by atoms with van der Waals surface area (Å²) in [6.45, 7) is 3.50.